The molecule has 158 valence electrons. The summed E-state index contributed by atoms with van der Waals surface area (Å²) in [6.45, 7) is 1.55. The molecular formula is C23H25N7O. The molecule has 1 amide bonds. The Bertz CT molecular complexity index is 1180. The number of nitrogens with zero attached hydrogens (tertiary/aromatic N) is 4. The molecule has 0 unspecified atom stereocenters. The van der Waals surface area contributed by atoms with Crippen molar-refractivity contribution in [2.75, 3.05) is 32.9 Å². The lowest BCUT2D eigenvalue weighted by Gasteiger charge is -2.10. The van der Waals surface area contributed by atoms with Crippen LogP contribution in [-0.4, -0.2) is 57.9 Å². The first-order valence-corrected chi connectivity index (χ1v) is 10.1. The topological polar surface area (TPSA) is 113 Å². The third-order valence-corrected chi connectivity index (χ3v) is 4.90. The summed E-state index contributed by atoms with van der Waals surface area (Å²) in [4.78, 5) is 31.4. The van der Waals surface area contributed by atoms with Crippen LogP contribution in [0.15, 0.2) is 54.7 Å². The van der Waals surface area contributed by atoms with Crippen molar-refractivity contribution in [1.29, 1.82) is 0 Å². The van der Waals surface area contributed by atoms with Crippen LogP contribution in [0.3, 0.4) is 0 Å². The van der Waals surface area contributed by atoms with Crippen molar-refractivity contribution in [1.82, 2.24) is 30.2 Å². The van der Waals surface area contributed by atoms with Crippen molar-refractivity contribution in [2.45, 2.75) is 6.42 Å². The summed E-state index contributed by atoms with van der Waals surface area (Å²) in [5.74, 6) is 0.738. The van der Waals surface area contributed by atoms with Crippen LogP contribution >= 0.6 is 0 Å². The van der Waals surface area contributed by atoms with Crippen LogP contribution in [0.2, 0.25) is 0 Å². The maximum atomic E-state index is 12.5. The van der Waals surface area contributed by atoms with E-state index in [-0.39, 0.29) is 11.7 Å². The van der Waals surface area contributed by atoms with Crippen molar-refractivity contribution in [3.63, 3.8) is 0 Å². The van der Waals surface area contributed by atoms with E-state index in [0.29, 0.717) is 29.3 Å². The maximum absolute atomic E-state index is 12.5. The Kier molecular flexibility index (Phi) is 5.90. The second kappa shape index (κ2) is 8.93. The monoisotopic (exact) mass is 415 g/mol. The first kappa shape index (κ1) is 20.5. The molecule has 8 heteroatoms. The summed E-state index contributed by atoms with van der Waals surface area (Å²) >= 11 is 0. The first-order chi connectivity index (χ1) is 15.0. The van der Waals surface area contributed by atoms with E-state index in [2.05, 4.69) is 30.2 Å². The molecule has 8 nitrogen and oxygen atoms in total. The van der Waals surface area contributed by atoms with Gasteiger partial charge in [0.25, 0.3) is 5.91 Å². The smallest absolute Gasteiger partial charge is 0.251 e. The van der Waals surface area contributed by atoms with Crippen LogP contribution in [0.1, 0.15) is 16.8 Å². The van der Waals surface area contributed by atoms with Crippen molar-refractivity contribution in [2.24, 2.45) is 0 Å². The number of H-pyrrole nitrogens is 1. The molecule has 0 fully saturated rings. The van der Waals surface area contributed by atoms with Gasteiger partial charge in [0, 0.05) is 17.7 Å². The lowest BCUT2D eigenvalue weighted by Crippen LogP contribution is -2.27. The van der Waals surface area contributed by atoms with Crippen LogP contribution < -0.4 is 11.1 Å². The average Bonchev–Trinajstić information content (AvgIpc) is 3.21. The maximum Gasteiger partial charge on any atom is 0.251 e. The second-order valence-corrected chi connectivity index (χ2v) is 7.59. The van der Waals surface area contributed by atoms with Gasteiger partial charge in [-0.3, -0.25) is 4.79 Å². The van der Waals surface area contributed by atoms with Crippen LogP contribution in [0.25, 0.3) is 33.8 Å². The number of aromatic nitrogens is 4. The van der Waals surface area contributed by atoms with Crippen LogP contribution in [0, 0.1) is 0 Å². The molecule has 0 saturated carbocycles. The van der Waals surface area contributed by atoms with Crippen molar-refractivity contribution >= 4 is 22.8 Å². The Morgan fingerprint density at radius 2 is 1.97 bits per heavy atom. The molecule has 31 heavy (non-hydrogen) atoms. The number of carbonyl (C=O) groups excluding carboxylic acids is 1. The van der Waals surface area contributed by atoms with Gasteiger partial charge >= 0.3 is 0 Å². The van der Waals surface area contributed by atoms with Gasteiger partial charge in [-0.25, -0.2) is 15.0 Å². The Morgan fingerprint density at radius 3 is 2.77 bits per heavy atom. The minimum atomic E-state index is -0.110. The van der Waals surface area contributed by atoms with E-state index < -0.39 is 0 Å². The quantitative estimate of drug-likeness (QED) is 0.400. The molecule has 0 aliphatic heterocycles. The molecule has 0 atom stereocenters. The van der Waals surface area contributed by atoms with Gasteiger partial charge in [-0.15, -0.1) is 0 Å². The van der Waals surface area contributed by atoms with E-state index in [1.807, 2.05) is 56.6 Å². The third-order valence-electron chi connectivity index (χ3n) is 4.90. The Labute approximate surface area is 180 Å². The van der Waals surface area contributed by atoms with Crippen LogP contribution in [-0.2, 0) is 0 Å². The number of nitrogen functional groups attached to an aromatic ring is 1. The molecule has 2 aromatic carbocycles. The lowest BCUT2D eigenvalue weighted by atomic mass is 10.1. The number of nitrogens with one attached hydrogen (secondary N) is 2. The van der Waals surface area contributed by atoms with Gasteiger partial charge in [0.05, 0.1) is 22.9 Å². The fourth-order valence-corrected chi connectivity index (χ4v) is 3.30. The summed E-state index contributed by atoms with van der Waals surface area (Å²) in [5.41, 5.74) is 10.3. The van der Waals surface area contributed by atoms with Gasteiger partial charge in [-0.1, -0.05) is 24.3 Å². The van der Waals surface area contributed by atoms with Crippen molar-refractivity contribution < 1.29 is 4.79 Å². The zero-order valence-electron chi connectivity index (χ0n) is 17.6. The first-order valence-electron chi connectivity index (χ1n) is 10.1. The number of carbonyl (C=O) groups is 1. The molecule has 4 N–H and O–H groups in total. The highest BCUT2D eigenvalue weighted by atomic mass is 16.1. The van der Waals surface area contributed by atoms with Crippen LogP contribution in [0.4, 0.5) is 5.82 Å². The van der Waals surface area contributed by atoms with Crippen molar-refractivity contribution in [3.05, 3.63) is 60.3 Å². The number of fused-ring (bicyclic) bond motifs is 1. The number of benzene rings is 2. The minimum absolute atomic E-state index is 0.110. The SMILES string of the molecule is CN(C)CCCNC(=O)c1cccc(-c2cnc(N)c(-c3nc4ccccc4[nH]3)n2)c1. The van der Waals surface area contributed by atoms with E-state index in [9.17, 15) is 4.79 Å². The number of rotatable bonds is 7. The average molecular weight is 416 g/mol. The van der Waals surface area contributed by atoms with Gasteiger partial charge in [0.1, 0.15) is 5.69 Å². The largest absolute Gasteiger partial charge is 0.382 e. The number of hydrogen-bond donors (Lipinski definition) is 3. The highest BCUT2D eigenvalue weighted by molar-refractivity contribution is 5.95. The molecule has 4 rings (SSSR count). The number of hydrogen-bond acceptors (Lipinski definition) is 6. The van der Waals surface area contributed by atoms with Gasteiger partial charge in [-0.05, 0) is 51.3 Å². The lowest BCUT2D eigenvalue weighted by molar-refractivity contribution is 0.0952. The molecule has 0 aliphatic rings. The third kappa shape index (κ3) is 4.70. The van der Waals surface area contributed by atoms with Gasteiger partial charge < -0.3 is 20.9 Å². The number of para-hydroxylation sites is 2. The van der Waals surface area contributed by atoms with E-state index >= 15 is 0 Å². The minimum Gasteiger partial charge on any atom is -0.382 e. The van der Waals surface area contributed by atoms with Crippen LogP contribution in [0.5, 0.6) is 0 Å². The Morgan fingerprint density at radius 1 is 1.13 bits per heavy atom. The molecule has 0 spiro atoms. The van der Waals surface area contributed by atoms with E-state index in [1.165, 1.54) is 0 Å². The fraction of sp³-hybridized carbons (Fsp3) is 0.217. The Hall–Kier alpha value is -3.78. The predicted molar refractivity (Wildman–Crippen MR) is 122 cm³/mol. The fourth-order valence-electron chi connectivity index (χ4n) is 3.30. The molecule has 0 bridgehead atoms. The highest BCUT2D eigenvalue weighted by Gasteiger charge is 2.14. The zero-order valence-corrected chi connectivity index (χ0v) is 17.6. The second-order valence-electron chi connectivity index (χ2n) is 7.59. The number of aromatic amines is 1. The summed E-state index contributed by atoms with van der Waals surface area (Å²) < 4.78 is 0. The zero-order chi connectivity index (χ0) is 21.8. The highest BCUT2D eigenvalue weighted by Crippen LogP contribution is 2.26. The van der Waals surface area contributed by atoms with Crippen molar-refractivity contribution in [3.8, 4) is 22.8 Å². The normalized spacial score (nSPS) is 11.2. The summed E-state index contributed by atoms with van der Waals surface area (Å²) in [7, 11) is 4.02. The summed E-state index contributed by atoms with van der Waals surface area (Å²) in [6, 6.07) is 15.1. The van der Waals surface area contributed by atoms with Gasteiger partial charge in [0.15, 0.2) is 11.6 Å². The number of imidazole rings is 1. The number of nitrogens with two attached hydrogens (primary N) is 1. The summed E-state index contributed by atoms with van der Waals surface area (Å²) in [6.07, 6.45) is 2.50. The van der Waals surface area contributed by atoms with Gasteiger partial charge in [-0.2, -0.15) is 0 Å². The molecule has 0 aliphatic carbocycles. The van der Waals surface area contributed by atoms with E-state index in [1.54, 1.807) is 12.3 Å². The molecule has 0 radical (unpaired) electrons. The van der Waals surface area contributed by atoms with E-state index in [0.717, 1.165) is 29.6 Å². The molecule has 0 saturated heterocycles. The Balaban J connectivity index is 1.58. The molecule has 2 heterocycles. The van der Waals surface area contributed by atoms with E-state index in [4.69, 9.17) is 5.73 Å². The molecule has 4 aromatic rings. The standard InChI is InChI=1S/C23H25N7O/c1-30(2)12-6-11-25-23(31)16-8-5-7-15(13-16)19-14-26-21(24)20(27-19)22-28-17-9-3-4-10-18(17)29-22/h3-5,7-10,13-14H,6,11-12H2,1-2H3,(H2,24,26)(H,25,31)(H,28,29). The number of amides is 1. The molecular weight excluding hydrogens is 390 g/mol. The summed E-state index contributed by atoms with van der Waals surface area (Å²) in [5, 5.41) is 2.96. The predicted octanol–water partition coefficient (Wildman–Crippen LogP) is 2.95. The number of anilines is 1. The molecule has 2 aromatic heterocycles. The van der Waals surface area contributed by atoms with Gasteiger partial charge in [0.2, 0.25) is 0 Å².